The van der Waals surface area contributed by atoms with E-state index in [-0.39, 0.29) is 0 Å². The van der Waals surface area contributed by atoms with Gasteiger partial charge in [-0.05, 0) is 47.8 Å². The molecule has 0 aromatic carbocycles. The summed E-state index contributed by atoms with van der Waals surface area (Å²) < 4.78 is 0.821. The maximum Gasteiger partial charge on any atom is 0.130 e. The number of anilines is 1. The van der Waals surface area contributed by atoms with Crippen molar-refractivity contribution in [2.45, 2.75) is 19.8 Å². The monoisotopic (exact) mass is 298 g/mol. The molecule has 1 aliphatic rings. The second-order valence-electron chi connectivity index (χ2n) is 4.68. The van der Waals surface area contributed by atoms with E-state index >= 15 is 0 Å². The van der Waals surface area contributed by atoms with Gasteiger partial charge in [0.05, 0.1) is 0 Å². The van der Waals surface area contributed by atoms with Gasteiger partial charge in [-0.3, -0.25) is 0 Å². The van der Waals surface area contributed by atoms with Gasteiger partial charge in [-0.15, -0.1) is 0 Å². The number of hydrogen-bond donors (Lipinski definition) is 1. The maximum absolute atomic E-state index is 4.16. The van der Waals surface area contributed by atoms with Crippen molar-refractivity contribution in [3.8, 4) is 0 Å². The Morgan fingerprint density at radius 3 is 2.88 bits per heavy atom. The number of hydrogen-bond acceptors (Lipinski definition) is 4. The van der Waals surface area contributed by atoms with E-state index in [0.717, 1.165) is 29.4 Å². The molecule has 5 heteroatoms. The molecule has 2 heterocycles. The van der Waals surface area contributed by atoms with Crippen LogP contribution in [-0.2, 0) is 0 Å². The van der Waals surface area contributed by atoms with Crippen molar-refractivity contribution in [3.63, 3.8) is 0 Å². The summed E-state index contributed by atoms with van der Waals surface area (Å²) in [6, 6.07) is 1.90. The van der Waals surface area contributed by atoms with E-state index in [9.17, 15) is 0 Å². The van der Waals surface area contributed by atoms with Gasteiger partial charge in [-0.2, -0.15) is 0 Å². The first-order chi connectivity index (χ1) is 8.24. The standard InChI is InChI=1S/C12H19BrN4/c1-10-2-5-17(6-3-10)7-4-14-12-8-11(13)15-9-16-12/h8-10H,2-7H2,1H3,(H,14,15,16). The Morgan fingerprint density at radius 1 is 1.41 bits per heavy atom. The molecule has 0 radical (unpaired) electrons. The number of halogens is 1. The summed E-state index contributed by atoms with van der Waals surface area (Å²) >= 11 is 3.34. The minimum Gasteiger partial charge on any atom is -0.369 e. The third kappa shape index (κ3) is 4.24. The van der Waals surface area contributed by atoms with Crippen molar-refractivity contribution in [1.82, 2.24) is 14.9 Å². The Kier molecular flexibility index (Phi) is 4.74. The first-order valence-electron chi connectivity index (χ1n) is 6.18. The molecular formula is C12H19BrN4. The van der Waals surface area contributed by atoms with E-state index in [0.29, 0.717) is 0 Å². The van der Waals surface area contributed by atoms with Crippen LogP contribution in [0.15, 0.2) is 17.0 Å². The molecule has 1 aromatic rings. The molecule has 0 unspecified atom stereocenters. The largest absolute Gasteiger partial charge is 0.369 e. The molecule has 1 aliphatic heterocycles. The molecule has 1 aromatic heterocycles. The molecule has 1 N–H and O–H groups in total. The molecule has 4 nitrogen and oxygen atoms in total. The molecule has 0 amide bonds. The lowest BCUT2D eigenvalue weighted by Gasteiger charge is -2.30. The van der Waals surface area contributed by atoms with Gasteiger partial charge in [0, 0.05) is 19.2 Å². The van der Waals surface area contributed by atoms with Crippen LogP contribution in [0.5, 0.6) is 0 Å². The van der Waals surface area contributed by atoms with Crippen LogP contribution in [0.25, 0.3) is 0 Å². The Morgan fingerprint density at radius 2 is 2.18 bits per heavy atom. The SMILES string of the molecule is CC1CCN(CCNc2cc(Br)ncn2)CC1. The van der Waals surface area contributed by atoms with Crippen molar-refractivity contribution in [3.05, 3.63) is 17.0 Å². The second-order valence-corrected chi connectivity index (χ2v) is 5.49. The molecule has 0 aliphatic carbocycles. The lowest BCUT2D eigenvalue weighted by molar-refractivity contribution is 0.199. The molecule has 0 spiro atoms. The first-order valence-corrected chi connectivity index (χ1v) is 6.97. The second kappa shape index (κ2) is 6.31. The van der Waals surface area contributed by atoms with Crippen LogP contribution in [0, 0.1) is 5.92 Å². The van der Waals surface area contributed by atoms with Gasteiger partial charge < -0.3 is 10.2 Å². The minimum atomic E-state index is 0.821. The number of aromatic nitrogens is 2. The summed E-state index contributed by atoms with van der Waals surface area (Å²) in [7, 11) is 0. The van der Waals surface area contributed by atoms with Gasteiger partial charge in [0.2, 0.25) is 0 Å². The van der Waals surface area contributed by atoms with Crippen LogP contribution in [0.2, 0.25) is 0 Å². The average Bonchev–Trinajstić information content (AvgIpc) is 2.32. The van der Waals surface area contributed by atoms with Crippen molar-refractivity contribution >= 4 is 21.7 Å². The molecule has 0 atom stereocenters. The van der Waals surface area contributed by atoms with Crippen LogP contribution in [0.3, 0.4) is 0 Å². The number of nitrogens with one attached hydrogen (secondary N) is 1. The topological polar surface area (TPSA) is 41.0 Å². The highest BCUT2D eigenvalue weighted by Gasteiger charge is 2.14. The Hall–Kier alpha value is -0.680. The Balaban J connectivity index is 1.69. The fraction of sp³-hybridized carbons (Fsp3) is 0.667. The number of likely N-dealkylation sites (tertiary alicyclic amines) is 1. The molecular weight excluding hydrogens is 280 g/mol. The van der Waals surface area contributed by atoms with Crippen molar-refractivity contribution in [1.29, 1.82) is 0 Å². The summed E-state index contributed by atoms with van der Waals surface area (Å²) in [5.74, 6) is 1.79. The third-order valence-electron chi connectivity index (χ3n) is 3.24. The Bertz CT molecular complexity index is 350. The van der Waals surface area contributed by atoms with Gasteiger partial charge in [0.25, 0.3) is 0 Å². The van der Waals surface area contributed by atoms with Gasteiger partial charge in [-0.25, -0.2) is 9.97 Å². The highest BCUT2D eigenvalue weighted by Crippen LogP contribution is 2.15. The fourth-order valence-electron chi connectivity index (χ4n) is 2.06. The van der Waals surface area contributed by atoms with Crippen LogP contribution in [-0.4, -0.2) is 41.0 Å². The van der Waals surface area contributed by atoms with E-state index in [1.54, 1.807) is 6.33 Å². The summed E-state index contributed by atoms with van der Waals surface area (Å²) in [6.45, 7) is 6.84. The molecule has 0 saturated carbocycles. The lowest BCUT2D eigenvalue weighted by atomic mass is 9.99. The predicted octanol–water partition coefficient (Wildman–Crippen LogP) is 2.38. The summed E-state index contributed by atoms with van der Waals surface area (Å²) in [4.78, 5) is 10.7. The molecule has 1 fully saturated rings. The highest BCUT2D eigenvalue weighted by molar-refractivity contribution is 9.10. The van der Waals surface area contributed by atoms with Gasteiger partial charge in [-0.1, -0.05) is 6.92 Å². The molecule has 17 heavy (non-hydrogen) atoms. The Labute approximate surface area is 111 Å². The molecule has 94 valence electrons. The molecule has 0 bridgehead atoms. The van der Waals surface area contributed by atoms with E-state index in [2.05, 4.69) is 43.0 Å². The zero-order valence-corrected chi connectivity index (χ0v) is 11.8. The van der Waals surface area contributed by atoms with Crippen LogP contribution in [0.1, 0.15) is 19.8 Å². The highest BCUT2D eigenvalue weighted by atomic mass is 79.9. The van der Waals surface area contributed by atoms with Crippen molar-refractivity contribution in [2.24, 2.45) is 5.92 Å². The normalized spacial score (nSPS) is 18.2. The molecule has 1 saturated heterocycles. The predicted molar refractivity (Wildman–Crippen MR) is 73.1 cm³/mol. The van der Waals surface area contributed by atoms with Crippen molar-refractivity contribution < 1.29 is 0 Å². The molecule has 2 rings (SSSR count). The van der Waals surface area contributed by atoms with Gasteiger partial charge in [0.15, 0.2) is 0 Å². The van der Waals surface area contributed by atoms with E-state index < -0.39 is 0 Å². The van der Waals surface area contributed by atoms with Crippen LogP contribution in [0.4, 0.5) is 5.82 Å². The van der Waals surface area contributed by atoms with E-state index in [1.807, 2.05) is 6.07 Å². The average molecular weight is 299 g/mol. The van der Waals surface area contributed by atoms with Crippen LogP contribution >= 0.6 is 15.9 Å². The number of nitrogens with zero attached hydrogens (tertiary/aromatic N) is 3. The van der Waals surface area contributed by atoms with Gasteiger partial charge >= 0.3 is 0 Å². The number of piperidine rings is 1. The van der Waals surface area contributed by atoms with E-state index in [1.165, 1.54) is 25.9 Å². The summed E-state index contributed by atoms with van der Waals surface area (Å²) in [5.41, 5.74) is 0. The lowest BCUT2D eigenvalue weighted by Crippen LogP contribution is -2.36. The van der Waals surface area contributed by atoms with Gasteiger partial charge in [0.1, 0.15) is 16.7 Å². The summed E-state index contributed by atoms with van der Waals surface area (Å²) in [6.07, 6.45) is 4.23. The smallest absolute Gasteiger partial charge is 0.130 e. The van der Waals surface area contributed by atoms with E-state index in [4.69, 9.17) is 0 Å². The summed E-state index contributed by atoms with van der Waals surface area (Å²) in [5, 5.41) is 3.32. The quantitative estimate of drug-likeness (QED) is 0.867. The maximum atomic E-state index is 4.16. The van der Waals surface area contributed by atoms with Crippen LogP contribution < -0.4 is 5.32 Å². The van der Waals surface area contributed by atoms with Crippen molar-refractivity contribution in [2.75, 3.05) is 31.5 Å². The number of rotatable bonds is 4. The fourth-order valence-corrected chi connectivity index (χ4v) is 2.37. The first kappa shape index (κ1) is 12.8. The minimum absolute atomic E-state index is 0.821. The zero-order valence-electron chi connectivity index (χ0n) is 10.2. The zero-order chi connectivity index (χ0) is 12.1. The third-order valence-corrected chi connectivity index (χ3v) is 3.68.